The predicted octanol–water partition coefficient (Wildman–Crippen LogP) is 1.19. The summed E-state index contributed by atoms with van der Waals surface area (Å²) in [7, 11) is 3.57. The van der Waals surface area contributed by atoms with Crippen molar-refractivity contribution in [2.45, 2.75) is 18.9 Å². The lowest BCUT2D eigenvalue weighted by Gasteiger charge is -2.35. The third-order valence-electron chi connectivity index (χ3n) is 5.58. The number of hydrogen-bond donors (Lipinski definition) is 1. The molecule has 26 heavy (non-hydrogen) atoms. The molecular formula is C19H25N5O2. The highest BCUT2D eigenvalue weighted by Crippen LogP contribution is 2.30. The zero-order chi connectivity index (χ0) is 18.3. The number of piperidine rings is 1. The number of H-pyrrole nitrogens is 1. The number of hydrogen-bond acceptors (Lipinski definition) is 4. The quantitative estimate of drug-likeness (QED) is 0.898. The first-order chi connectivity index (χ1) is 12.5. The molecule has 7 heteroatoms. The first-order valence-corrected chi connectivity index (χ1v) is 9.19. The number of benzene rings is 1. The van der Waals surface area contributed by atoms with Gasteiger partial charge in [-0.3, -0.25) is 19.6 Å². The number of rotatable bonds is 3. The molecule has 1 aromatic carbocycles. The Hall–Kier alpha value is -2.41. The molecule has 2 amide bonds. The van der Waals surface area contributed by atoms with Crippen LogP contribution < -0.4 is 0 Å². The van der Waals surface area contributed by atoms with Gasteiger partial charge >= 0.3 is 0 Å². The summed E-state index contributed by atoms with van der Waals surface area (Å²) in [5, 5.41) is 8.11. The molecule has 0 radical (unpaired) electrons. The molecular weight excluding hydrogens is 330 g/mol. The highest BCUT2D eigenvalue weighted by Gasteiger charge is 2.38. The molecule has 1 N–H and O–H groups in total. The monoisotopic (exact) mass is 355 g/mol. The Kier molecular flexibility index (Phi) is 4.40. The molecule has 3 fully saturated rings. The fraction of sp³-hybridized carbons (Fsp3) is 0.526. The summed E-state index contributed by atoms with van der Waals surface area (Å²) >= 11 is 0. The van der Waals surface area contributed by atoms with Crippen molar-refractivity contribution in [3.8, 4) is 0 Å². The van der Waals surface area contributed by atoms with Gasteiger partial charge in [0.1, 0.15) is 0 Å². The molecule has 1 aromatic heterocycles. The second-order valence-corrected chi connectivity index (χ2v) is 7.65. The maximum atomic E-state index is 13.2. The number of fused-ring (bicyclic) bond motifs is 5. The number of likely N-dealkylation sites (N-methyl/N-ethyl adjacent to an activating group) is 1. The number of aromatic amines is 1. The third-order valence-corrected chi connectivity index (χ3v) is 5.58. The summed E-state index contributed by atoms with van der Waals surface area (Å²) < 4.78 is 0. The van der Waals surface area contributed by atoms with E-state index in [4.69, 9.17) is 0 Å². The standard InChI is InChI=1S/C19H25N5O2/c1-22(2)17(25)12-23-9-13-7-8-14(11-23)24(10-13)19(26)18-15-5-3-4-6-16(15)20-21-18/h3-6,13-14H,7-12H2,1-2H3,(H,20,21)/t13-,14+/m0/s1. The minimum Gasteiger partial charge on any atom is -0.348 e. The van der Waals surface area contributed by atoms with Gasteiger partial charge in [0.2, 0.25) is 5.91 Å². The lowest BCUT2D eigenvalue weighted by atomic mass is 9.94. The van der Waals surface area contributed by atoms with E-state index < -0.39 is 0 Å². The molecule has 2 atom stereocenters. The van der Waals surface area contributed by atoms with E-state index in [1.165, 1.54) is 0 Å². The van der Waals surface area contributed by atoms with E-state index >= 15 is 0 Å². The van der Waals surface area contributed by atoms with Crippen LogP contribution in [0.2, 0.25) is 0 Å². The smallest absolute Gasteiger partial charge is 0.275 e. The Morgan fingerprint density at radius 1 is 1.19 bits per heavy atom. The van der Waals surface area contributed by atoms with Gasteiger partial charge in [-0.15, -0.1) is 0 Å². The summed E-state index contributed by atoms with van der Waals surface area (Å²) in [6, 6.07) is 7.87. The van der Waals surface area contributed by atoms with Gasteiger partial charge in [-0.1, -0.05) is 18.2 Å². The van der Waals surface area contributed by atoms with Crippen LogP contribution in [0.3, 0.4) is 0 Å². The van der Waals surface area contributed by atoms with Gasteiger partial charge in [-0.2, -0.15) is 5.10 Å². The molecule has 0 saturated carbocycles. The van der Waals surface area contributed by atoms with Gasteiger partial charge in [0, 0.05) is 45.2 Å². The first kappa shape index (κ1) is 17.0. The van der Waals surface area contributed by atoms with E-state index in [0.717, 1.165) is 43.4 Å². The normalized spacial score (nSPS) is 23.2. The highest BCUT2D eigenvalue weighted by molar-refractivity contribution is 6.04. The van der Waals surface area contributed by atoms with Crippen LogP contribution in [0.4, 0.5) is 0 Å². The average molecular weight is 355 g/mol. The topological polar surface area (TPSA) is 72.5 Å². The van der Waals surface area contributed by atoms with Crippen molar-refractivity contribution in [1.29, 1.82) is 0 Å². The van der Waals surface area contributed by atoms with E-state index in [-0.39, 0.29) is 17.9 Å². The van der Waals surface area contributed by atoms with Crippen LogP contribution in [-0.4, -0.2) is 83.0 Å². The SMILES string of the molecule is CN(C)C(=O)CN1C[C@@H]2CC[C@H](C1)N(C(=O)c1n[nH]c3ccccc13)C2. The summed E-state index contributed by atoms with van der Waals surface area (Å²) in [5.41, 5.74) is 1.39. The minimum absolute atomic E-state index is 0.00191. The van der Waals surface area contributed by atoms with Crippen LogP contribution in [-0.2, 0) is 4.79 Å². The fourth-order valence-corrected chi connectivity index (χ4v) is 4.15. The van der Waals surface area contributed by atoms with Crippen LogP contribution in [0.5, 0.6) is 0 Å². The number of carbonyl (C=O) groups is 2. The van der Waals surface area contributed by atoms with Gasteiger partial charge < -0.3 is 9.80 Å². The molecule has 138 valence electrons. The molecule has 4 heterocycles. The van der Waals surface area contributed by atoms with E-state index in [1.807, 2.05) is 29.2 Å². The minimum atomic E-state index is -0.00191. The van der Waals surface area contributed by atoms with E-state index in [9.17, 15) is 9.59 Å². The van der Waals surface area contributed by atoms with Crippen molar-refractivity contribution in [2.75, 3.05) is 40.3 Å². The summed E-state index contributed by atoms with van der Waals surface area (Å²) in [6.07, 6.45) is 2.10. The van der Waals surface area contributed by atoms with Crippen LogP contribution in [0, 0.1) is 5.92 Å². The molecule has 3 aliphatic heterocycles. The lowest BCUT2D eigenvalue weighted by Crippen LogP contribution is -2.48. The molecule has 3 saturated heterocycles. The second-order valence-electron chi connectivity index (χ2n) is 7.65. The van der Waals surface area contributed by atoms with Crippen LogP contribution in [0.1, 0.15) is 23.3 Å². The number of para-hydroxylation sites is 1. The molecule has 0 unspecified atom stereocenters. The van der Waals surface area contributed by atoms with E-state index in [2.05, 4.69) is 15.1 Å². The van der Waals surface area contributed by atoms with Crippen LogP contribution >= 0.6 is 0 Å². The Morgan fingerprint density at radius 2 is 2.00 bits per heavy atom. The van der Waals surface area contributed by atoms with E-state index in [0.29, 0.717) is 18.2 Å². The van der Waals surface area contributed by atoms with Crippen molar-refractivity contribution >= 4 is 22.7 Å². The molecule has 5 rings (SSSR count). The van der Waals surface area contributed by atoms with Crippen LogP contribution in [0.15, 0.2) is 24.3 Å². The van der Waals surface area contributed by atoms with E-state index in [1.54, 1.807) is 19.0 Å². The second kappa shape index (κ2) is 6.72. The lowest BCUT2D eigenvalue weighted by molar-refractivity contribution is -0.129. The van der Waals surface area contributed by atoms with Gasteiger partial charge in [-0.05, 0) is 24.8 Å². The number of aromatic nitrogens is 2. The molecule has 7 nitrogen and oxygen atoms in total. The molecule has 2 bridgehead atoms. The highest BCUT2D eigenvalue weighted by atomic mass is 16.2. The third kappa shape index (κ3) is 3.07. The van der Waals surface area contributed by atoms with Crippen molar-refractivity contribution in [1.82, 2.24) is 24.9 Å². The maximum absolute atomic E-state index is 13.2. The van der Waals surface area contributed by atoms with Gasteiger partial charge in [-0.25, -0.2) is 0 Å². The van der Waals surface area contributed by atoms with Gasteiger partial charge in [0.15, 0.2) is 5.69 Å². The molecule has 2 aromatic rings. The van der Waals surface area contributed by atoms with Gasteiger partial charge in [0.05, 0.1) is 12.1 Å². The number of carbonyl (C=O) groups excluding carboxylic acids is 2. The predicted molar refractivity (Wildman–Crippen MR) is 98.8 cm³/mol. The average Bonchev–Trinajstić information content (AvgIpc) is 2.86. The van der Waals surface area contributed by atoms with Gasteiger partial charge in [0.25, 0.3) is 5.91 Å². The Bertz CT molecular complexity index is 830. The summed E-state index contributed by atoms with van der Waals surface area (Å²) in [5.74, 6) is 0.526. The largest absolute Gasteiger partial charge is 0.348 e. The Labute approximate surface area is 152 Å². The zero-order valence-corrected chi connectivity index (χ0v) is 15.3. The molecule has 3 aliphatic rings. The zero-order valence-electron chi connectivity index (χ0n) is 15.3. The van der Waals surface area contributed by atoms with Crippen molar-refractivity contribution in [3.05, 3.63) is 30.0 Å². The maximum Gasteiger partial charge on any atom is 0.275 e. The number of nitrogens with zero attached hydrogens (tertiary/aromatic N) is 4. The van der Waals surface area contributed by atoms with Crippen molar-refractivity contribution < 1.29 is 9.59 Å². The first-order valence-electron chi connectivity index (χ1n) is 9.19. The fourth-order valence-electron chi connectivity index (χ4n) is 4.15. The number of nitrogens with one attached hydrogen (secondary N) is 1. The number of amides is 2. The molecule has 0 spiro atoms. The van der Waals surface area contributed by atoms with Crippen LogP contribution in [0.25, 0.3) is 10.9 Å². The molecule has 0 aliphatic carbocycles. The van der Waals surface area contributed by atoms with Crippen molar-refractivity contribution in [2.24, 2.45) is 5.92 Å². The Morgan fingerprint density at radius 3 is 2.81 bits per heavy atom. The Balaban J connectivity index is 1.55. The summed E-state index contributed by atoms with van der Waals surface area (Å²) in [6.45, 7) is 2.80. The van der Waals surface area contributed by atoms with Crippen molar-refractivity contribution in [3.63, 3.8) is 0 Å². The summed E-state index contributed by atoms with van der Waals surface area (Å²) in [4.78, 5) is 31.1.